The van der Waals surface area contributed by atoms with E-state index in [1.165, 1.54) is 5.56 Å². The molecule has 0 aliphatic heterocycles. The van der Waals surface area contributed by atoms with Gasteiger partial charge in [0.1, 0.15) is 0 Å². The van der Waals surface area contributed by atoms with Gasteiger partial charge in [0.25, 0.3) is 0 Å². The van der Waals surface area contributed by atoms with Gasteiger partial charge in [-0.25, -0.2) is 0 Å². The third-order valence-electron chi connectivity index (χ3n) is 3.64. The molecule has 2 nitrogen and oxygen atoms in total. The summed E-state index contributed by atoms with van der Waals surface area (Å²) >= 11 is 0. The van der Waals surface area contributed by atoms with Crippen molar-refractivity contribution in [1.29, 1.82) is 0 Å². The quantitative estimate of drug-likeness (QED) is 0.894. The van der Waals surface area contributed by atoms with Crippen LogP contribution in [0.5, 0.6) is 0 Å². The van der Waals surface area contributed by atoms with E-state index in [9.17, 15) is 4.21 Å². The number of nitrogens with one attached hydrogen (secondary N) is 1. The maximum atomic E-state index is 12.5. The van der Waals surface area contributed by atoms with Crippen LogP contribution >= 0.6 is 0 Å². The Morgan fingerprint density at radius 2 is 2.06 bits per heavy atom. The summed E-state index contributed by atoms with van der Waals surface area (Å²) in [5.74, 6) is 0. The average Bonchev–Trinajstić information content (AvgIpc) is 2.76. The van der Waals surface area contributed by atoms with Crippen molar-refractivity contribution in [2.24, 2.45) is 0 Å². The van der Waals surface area contributed by atoms with Gasteiger partial charge in [0.15, 0.2) is 0 Å². The zero-order valence-corrected chi connectivity index (χ0v) is 11.6. The first-order valence-electron chi connectivity index (χ1n) is 6.27. The maximum Gasteiger partial charge on any atom is 0.0564 e. The van der Waals surface area contributed by atoms with Crippen molar-refractivity contribution in [3.8, 4) is 0 Å². The highest BCUT2D eigenvalue weighted by Gasteiger charge is 2.29. The van der Waals surface area contributed by atoms with E-state index in [1.807, 2.05) is 13.1 Å². The molecule has 2 rings (SSSR count). The summed E-state index contributed by atoms with van der Waals surface area (Å²) in [6.45, 7) is 4.14. The second-order valence-corrected chi connectivity index (χ2v) is 6.69. The summed E-state index contributed by atoms with van der Waals surface area (Å²) in [5, 5.41) is 3.62. The van der Waals surface area contributed by atoms with Crippen LogP contribution in [0, 0.1) is 13.8 Å². The van der Waals surface area contributed by atoms with Crippen molar-refractivity contribution in [3.63, 3.8) is 0 Å². The lowest BCUT2D eigenvalue weighted by atomic mass is 10.2. The normalized spacial score (nSPS) is 26.1. The summed E-state index contributed by atoms with van der Waals surface area (Å²) in [6.07, 6.45) is 3.26. The van der Waals surface area contributed by atoms with E-state index in [0.29, 0.717) is 11.3 Å². The number of rotatable bonds is 3. The largest absolute Gasteiger partial charge is 0.317 e. The van der Waals surface area contributed by atoms with E-state index < -0.39 is 10.8 Å². The van der Waals surface area contributed by atoms with Crippen molar-refractivity contribution in [2.75, 3.05) is 7.05 Å². The highest BCUT2D eigenvalue weighted by Crippen LogP contribution is 2.28. The zero-order valence-electron chi connectivity index (χ0n) is 10.8. The van der Waals surface area contributed by atoms with Crippen LogP contribution in [0.25, 0.3) is 0 Å². The average molecular weight is 251 g/mol. The van der Waals surface area contributed by atoms with E-state index in [4.69, 9.17) is 0 Å². The van der Waals surface area contributed by atoms with E-state index >= 15 is 0 Å². The SMILES string of the molecule is CNC1CCC(S(=O)c2ccc(C)cc2C)C1. The summed E-state index contributed by atoms with van der Waals surface area (Å²) in [5.41, 5.74) is 2.40. The molecule has 1 aromatic rings. The topological polar surface area (TPSA) is 29.1 Å². The fourth-order valence-electron chi connectivity index (χ4n) is 2.60. The third kappa shape index (κ3) is 2.78. The van der Waals surface area contributed by atoms with Crippen LogP contribution in [0.15, 0.2) is 23.1 Å². The molecule has 1 N–H and O–H groups in total. The molecule has 3 unspecified atom stereocenters. The molecule has 3 atom stereocenters. The van der Waals surface area contributed by atoms with Crippen LogP contribution in [-0.2, 0) is 10.8 Å². The van der Waals surface area contributed by atoms with Crippen LogP contribution < -0.4 is 5.32 Å². The highest BCUT2D eigenvalue weighted by molar-refractivity contribution is 7.85. The molecule has 1 aromatic carbocycles. The van der Waals surface area contributed by atoms with Gasteiger partial charge in [-0.1, -0.05) is 17.7 Å². The van der Waals surface area contributed by atoms with Gasteiger partial charge >= 0.3 is 0 Å². The monoisotopic (exact) mass is 251 g/mol. The van der Waals surface area contributed by atoms with Crippen LogP contribution in [-0.4, -0.2) is 22.5 Å². The van der Waals surface area contributed by atoms with Gasteiger partial charge in [-0.3, -0.25) is 4.21 Å². The van der Waals surface area contributed by atoms with Crippen LogP contribution in [0.3, 0.4) is 0 Å². The first-order chi connectivity index (χ1) is 8.11. The molecule has 17 heavy (non-hydrogen) atoms. The lowest BCUT2D eigenvalue weighted by Crippen LogP contribution is -2.23. The molecule has 1 aliphatic rings. The van der Waals surface area contributed by atoms with Crippen LogP contribution in [0.2, 0.25) is 0 Å². The van der Waals surface area contributed by atoms with Crippen molar-refractivity contribution in [1.82, 2.24) is 5.32 Å². The van der Waals surface area contributed by atoms with Gasteiger partial charge in [0, 0.05) is 16.2 Å². The van der Waals surface area contributed by atoms with Gasteiger partial charge in [-0.05, 0) is 51.8 Å². The number of hydrogen-bond acceptors (Lipinski definition) is 2. The van der Waals surface area contributed by atoms with Gasteiger partial charge in [0.2, 0.25) is 0 Å². The van der Waals surface area contributed by atoms with E-state index in [2.05, 4.69) is 31.3 Å². The second kappa shape index (κ2) is 5.32. The van der Waals surface area contributed by atoms with Gasteiger partial charge in [-0.2, -0.15) is 0 Å². The first kappa shape index (κ1) is 12.8. The minimum absolute atomic E-state index is 0.328. The maximum absolute atomic E-state index is 12.5. The standard InChI is InChI=1S/C14H21NOS/c1-10-4-7-14(11(2)8-10)17(16)13-6-5-12(9-13)15-3/h4,7-8,12-13,15H,5-6,9H2,1-3H3. The minimum atomic E-state index is -0.841. The molecular formula is C14H21NOS. The lowest BCUT2D eigenvalue weighted by molar-refractivity contribution is 0.581. The Bertz CT molecular complexity index is 430. The molecular weight excluding hydrogens is 230 g/mol. The Morgan fingerprint density at radius 3 is 2.65 bits per heavy atom. The van der Waals surface area contributed by atoms with E-state index in [0.717, 1.165) is 29.7 Å². The molecule has 3 heteroatoms. The van der Waals surface area contributed by atoms with Crippen molar-refractivity contribution < 1.29 is 4.21 Å². The molecule has 0 heterocycles. The Kier molecular flexibility index (Phi) is 4.00. The molecule has 1 fully saturated rings. The number of hydrogen-bond donors (Lipinski definition) is 1. The Labute approximate surface area is 106 Å². The second-order valence-electron chi connectivity index (χ2n) is 4.99. The summed E-state index contributed by atoms with van der Waals surface area (Å²) < 4.78 is 12.5. The Balaban J connectivity index is 2.15. The van der Waals surface area contributed by atoms with Crippen molar-refractivity contribution in [2.45, 2.75) is 49.3 Å². The van der Waals surface area contributed by atoms with Crippen LogP contribution in [0.1, 0.15) is 30.4 Å². The molecule has 1 saturated carbocycles. The van der Waals surface area contributed by atoms with E-state index in [-0.39, 0.29) is 0 Å². The van der Waals surface area contributed by atoms with Crippen LogP contribution in [0.4, 0.5) is 0 Å². The molecule has 0 amide bonds. The predicted molar refractivity (Wildman–Crippen MR) is 72.8 cm³/mol. The molecule has 1 aliphatic carbocycles. The highest BCUT2D eigenvalue weighted by atomic mass is 32.2. The van der Waals surface area contributed by atoms with E-state index in [1.54, 1.807) is 0 Å². The Hall–Kier alpha value is -0.670. The first-order valence-corrected chi connectivity index (χ1v) is 7.48. The Morgan fingerprint density at radius 1 is 1.29 bits per heavy atom. The molecule has 0 radical (unpaired) electrons. The zero-order chi connectivity index (χ0) is 12.4. The fraction of sp³-hybridized carbons (Fsp3) is 0.571. The van der Waals surface area contributed by atoms with Crippen molar-refractivity contribution >= 4 is 10.8 Å². The van der Waals surface area contributed by atoms with Crippen molar-refractivity contribution in [3.05, 3.63) is 29.3 Å². The predicted octanol–water partition coefficient (Wildman–Crippen LogP) is 2.55. The molecule has 0 aromatic heterocycles. The third-order valence-corrected chi connectivity index (χ3v) is 5.57. The molecule has 94 valence electrons. The summed E-state index contributed by atoms with van der Waals surface area (Å²) in [7, 11) is 1.15. The molecule has 0 spiro atoms. The number of benzene rings is 1. The molecule has 0 bridgehead atoms. The summed E-state index contributed by atoms with van der Waals surface area (Å²) in [4.78, 5) is 1.03. The van der Waals surface area contributed by atoms with Gasteiger partial charge in [-0.15, -0.1) is 0 Å². The molecule has 0 saturated heterocycles. The summed E-state index contributed by atoms with van der Waals surface area (Å²) in [6, 6.07) is 6.77. The number of aryl methyl sites for hydroxylation is 2. The van der Waals surface area contributed by atoms with Gasteiger partial charge in [0.05, 0.1) is 10.8 Å². The fourth-order valence-corrected chi connectivity index (χ4v) is 4.30. The minimum Gasteiger partial charge on any atom is -0.317 e. The lowest BCUT2D eigenvalue weighted by Gasteiger charge is -2.13. The smallest absolute Gasteiger partial charge is 0.0564 e. The van der Waals surface area contributed by atoms with Gasteiger partial charge < -0.3 is 5.32 Å².